The molecule has 0 bridgehead atoms. The quantitative estimate of drug-likeness (QED) is 0.570. The van der Waals surface area contributed by atoms with Crippen LogP contribution in [0.2, 0.25) is 0 Å². The van der Waals surface area contributed by atoms with Crippen molar-refractivity contribution in [1.29, 1.82) is 0 Å². The van der Waals surface area contributed by atoms with Gasteiger partial charge in [-0.05, 0) is 45.9 Å². The normalized spacial score (nSPS) is 11.2. The Hall–Kier alpha value is -3.58. The van der Waals surface area contributed by atoms with Crippen LogP contribution in [-0.4, -0.2) is 36.5 Å². The van der Waals surface area contributed by atoms with Crippen LogP contribution >= 0.6 is 0 Å². The zero-order valence-electron chi connectivity index (χ0n) is 18.8. The molecule has 0 fully saturated rings. The van der Waals surface area contributed by atoms with Crippen LogP contribution in [0.3, 0.4) is 0 Å². The Balaban J connectivity index is 1.97. The lowest BCUT2D eigenvalue weighted by atomic mass is 10.1. The second kappa shape index (κ2) is 9.50. The average Bonchev–Trinajstić information content (AvgIpc) is 2.73. The summed E-state index contributed by atoms with van der Waals surface area (Å²) in [6, 6.07) is 3.94. The Bertz CT molecular complexity index is 1360. The van der Waals surface area contributed by atoms with Gasteiger partial charge in [0.05, 0.1) is 22.6 Å². The van der Waals surface area contributed by atoms with Gasteiger partial charge in [0.2, 0.25) is 0 Å². The first-order valence-electron chi connectivity index (χ1n) is 10.0. The Morgan fingerprint density at radius 3 is 2.42 bits per heavy atom. The molecule has 7 nitrogen and oxygen atoms in total. The summed E-state index contributed by atoms with van der Waals surface area (Å²) in [4.78, 5) is 14.1. The molecule has 0 amide bonds. The molecule has 1 N–H and O–H groups in total. The number of aromatic nitrogens is 3. The van der Waals surface area contributed by atoms with Crippen molar-refractivity contribution < 1.29 is 17.2 Å². The minimum Gasteiger partial charge on any atom is -0.356 e. The Labute approximate surface area is 192 Å². The van der Waals surface area contributed by atoms with E-state index in [2.05, 4.69) is 31.5 Å². The molecule has 3 rings (SSSR count). The van der Waals surface area contributed by atoms with Crippen molar-refractivity contribution in [3.05, 3.63) is 70.9 Å². The highest BCUT2D eigenvalue weighted by Gasteiger charge is 2.21. The zero-order chi connectivity index (χ0) is 24.3. The molecule has 0 aliphatic rings. The lowest BCUT2D eigenvalue weighted by molar-refractivity contribution is 0.551. The van der Waals surface area contributed by atoms with Gasteiger partial charge in [0, 0.05) is 30.9 Å². The lowest BCUT2D eigenvalue weighted by Crippen LogP contribution is -2.27. The van der Waals surface area contributed by atoms with Crippen LogP contribution in [0.5, 0.6) is 0 Å². The summed E-state index contributed by atoms with van der Waals surface area (Å²) in [5.41, 5.74) is 2.27. The highest BCUT2D eigenvalue weighted by atomic mass is 32.2. The fraction of sp³-hybridized carbons (Fsp3) is 0.261. The van der Waals surface area contributed by atoms with Gasteiger partial charge in [0.15, 0.2) is 0 Å². The van der Waals surface area contributed by atoms with Gasteiger partial charge in [-0.1, -0.05) is 11.8 Å². The highest BCUT2D eigenvalue weighted by molar-refractivity contribution is 7.92. The van der Waals surface area contributed by atoms with Gasteiger partial charge in [-0.3, -0.25) is 9.71 Å². The summed E-state index contributed by atoms with van der Waals surface area (Å²) in [6.45, 7) is 7.48. The van der Waals surface area contributed by atoms with Crippen LogP contribution in [0, 0.1) is 37.3 Å². The van der Waals surface area contributed by atoms with Crippen LogP contribution in [-0.2, 0) is 10.0 Å². The first-order chi connectivity index (χ1) is 15.5. The van der Waals surface area contributed by atoms with Crippen molar-refractivity contribution in [2.24, 2.45) is 0 Å². The van der Waals surface area contributed by atoms with Crippen molar-refractivity contribution in [1.82, 2.24) is 15.0 Å². The van der Waals surface area contributed by atoms with Crippen molar-refractivity contribution in [2.45, 2.75) is 38.6 Å². The third kappa shape index (κ3) is 5.43. The topological polar surface area (TPSA) is 88.1 Å². The first kappa shape index (κ1) is 24.1. The molecule has 0 spiro atoms. The van der Waals surface area contributed by atoms with Gasteiger partial charge >= 0.3 is 0 Å². The number of benzene rings is 1. The number of anilines is 2. The molecule has 3 aromatic rings. The fourth-order valence-corrected chi connectivity index (χ4v) is 4.02. The smallest absolute Gasteiger partial charge is 0.264 e. The maximum atomic E-state index is 14.0. The zero-order valence-corrected chi connectivity index (χ0v) is 19.6. The summed E-state index contributed by atoms with van der Waals surface area (Å²) in [7, 11) is -2.40. The molecular weight excluding hydrogens is 448 g/mol. The minimum absolute atomic E-state index is 0.131. The number of rotatable bonds is 5. The highest BCUT2D eigenvalue weighted by Crippen LogP contribution is 2.23. The van der Waals surface area contributed by atoms with Crippen molar-refractivity contribution in [2.75, 3.05) is 16.7 Å². The Morgan fingerprint density at radius 2 is 1.76 bits per heavy atom. The molecule has 0 atom stereocenters. The van der Waals surface area contributed by atoms with Crippen LogP contribution < -0.4 is 9.62 Å². The number of hydrogen-bond donors (Lipinski definition) is 1. The van der Waals surface area contributed by atoms with E-state index in [1.807, 2.05) is 32.7 Å². The summed E-state index contributed by atoms with van der Waals surface area (Å²) in [5.74, 6) is 4.64. The Kier molecular flexibility index (Phi) is 6.93. The van der Waals surface area contributed by atoms with Gasteiger partial charge in [0.1, 0.15) is 28.7 Å². The standard InChI is InChI=1S/C23H23F2N5O2S/c1-14(2)30(5)23-19(15(3)27-13-28-23)8-6-17-10-21(16(4)26-12-17)29-33(31,32)22-9-7-18(24)11-20(22)25/h7,9-14,29H,1-5H3. The van der Waals surface area contributed by atoms with E-state index in [9.17, 15) is 17.2 Å². The number of nitrogens with one attached hydrogen (secondary N) is 1. The van der Waals surface area contributed by atoms with Gasteiger partial charge in [-0.2, -0.15) is 0 Å². The third-order valence-corrected chi connectivity index (χ3v) is 6.37. The number of pyridine rings is 1. The van der Waals surface area contributed by atoms with E-state index in [0.717, 1.165) is 12.1 Å². The number of sulfonamides is 1. The molecule has 10 heteroatoms. The van der Waals surface area contributed by atoms with Gasteiger partial charge in [-0.15, -0.1) is 0 Å². The SMILES string of the molecule is Cc1ncc(C#Cc2c(C)ncnc2N(C)C(C)C)cc1NS(=O)(=O)c1ccc(F)cc1F. The van der Waals surface area contributed by atoms with Crippen LogP contribution in [0.4, 0.5) is 20.3 Å². The van der Waals surface area contributed by atoms with E-state index in [0.29, 0.717) is 34.4 Å². The van der Waals surface area contributed by atoms with Crippen molar-refractivity contribution in [3.8, 4) is 11.8 Å². The Morgan fingerprint density at radius 1 is 1.03 bits per heavy atom. The minimum atomic E-state index is -4.31. The molecule has 172 valence electrons. The molecule has 2 heterocycles. The summed E-state index contributed by atoms with van der Waals surface area (Å²) < 4.78 is 54.8. The predicted octanol–water partition coefficient (Wildman–Crippen LogP) is 3.81. The number of hydrogen-bond acceptors (Lipinski definition) is 6. The second-order valence-corrected chi connectivity index (χ2v) is 9.30. The largest absolute Gasteiger partial charge is 0.356 e. The summed E-state index contributed by atoms with van der Waals surface area (Å²) >= 11 is 0. The molecule has 1 aromatic carbocycles. The van der Waals surface area contributed by atoms with Crippen LogP contribution in [0.25, 0.3) is 0 Å². The van der Waals surface area contributed by atoms with E-state index in [-0.39, 0.29) is 11.7 Å². The van der Waals surface area contributed by atoms with Crippen molar-refractivity contribution >= 4 is 21.5 Å². The van der Waals surface area contributed by atoms with E-state index in [1.165, 1.54) is 18.6 Å². The number of aryl methyl sites for hydroxylation is 2. The van der Waals surface area contributed by atoms with Crippen LogP contribution in [0.1, 0.15) is 36.4 Å². The van der Waals surface area contributed by atoms with E-state index < -0.39 is 26.6 Å². The maximum Gasteiger partial charge on any atom is 0.264 e. The van der Waals surface area contributed by atoms with E-state index in [4.69, 9.17) is 0 Å². The van der Waals surface area contributed by atoms with E-state index in [1.54, 1.807) is 6.92 Å². The molecule has 0 aliphatic heterocycles. The summed E-state index contributed by atoms with van der Waals surface area (Å²) in [6.07, 6.45) is 2.98. The van der Waals surface area contributed by atoms with Gasteiger partial charge in [-0.25, -0.2) is 27.2 Å². The predicted molar refractivity (Wildman–Crippen MR) is 122 cm³/mol. The van der Waals surface area contributed by atoms with Crippen LogP contribution in [0.15, 0.2) is 41.7 Å². The number of nitrogens with zero attached hydrogens (tertiary/aromatic N) is 4. The number of halogens is 2. The average molecular weight is 472 g/mol. The molecule has 33 heavy (non-hydrogen) atoms. The maximum absolute atomic E-state index is 14.0. The molecule has 0 saturated heterocycles. The second-order valence-electron chi connectivity index (χ2n) is 7.65. The van der Waals surface area contributed by atoms with Gasteiger partial charge in [0.25, 0.3) is 10.0 Å². The molecule has 0 saturated carbocycles. The van der Waals surface area contributed by atoms with Gasteiger partial charge < -0.3 is 4.90 Å². The van der Waals surface area contributed by atoms with Crippen molar-refractivity contribution in [3.63, 3.8) is 0 Å². The molecule has 2 aromatic heterocycles. The molecular formula is C23H23F2N5O2S. The monoisotopic (exact) mass is 471 g/mol. The fourth-order valence-electron chi connectivity index (χ4n) is 2.85. The first-order valence-corrected chi connectivity index (χ1v) is 11.5. The summed E-state index contributed by atoms with van der Waals surface area (Å²) in [5, 5.41) is 0. The molecule has 0 radical (unpaired) electrons. The molecule has 0 aliphatic carbocycles. The molecule has 0 unspecified atom stereocenters. The third-order valence-electron chi connectivity index (χ3n) is 4.97. The van der Waals surface area contributed by atoms with E-state index >= 15 is 0 Å². The lowest BCUT2D eigenvalue weighted by Gasteiger charge is -2.23.